The summed E-state index contributed by atoms with van der Waals surface area (Å²) >= 11 is 0. The molecule has 0 amide bonds. The lowest BCUT2D eigenvalue weighted by atomic mass is 10.3. The van der Waals surface area contributed by atoms with E-state index in [4.69, 9.17) is 0 Å². The molecule has 7 nitrogen and oxygen atoms in total. The van der Waals surface area contributed by atoms with E-state index < -0.39 is 26.1 Å². The van der Waals surface area contributed by atoms with Crippen LogP contribution in [0.15, 0.2) is 41.6 Å². The molecule has 1 fully saturated rings. The lowest BCUT2D eigenvalue weighted by molar-refractivity contribution is -0.0435. The van der Waals surface area contributed by atoms with Crippen molar-refractivity contribution in [1.29, 1.82) is 0 Å². The minimum atomic E-state index is -5.66. The van der Waals surface area contributed by atoms with Gasteiger partial charge in [0.2, 0.25) is 5.95 Å². The van der Waals surface area contributed by atoms with Gasteiger partial charge in [-0.25, -0.2) is 22.8 Å². The highest BCUT2D eigenvalue weighted by atomic mass is 32.2. The minimum absolute atomic E-state index is 0.202. The van der Waals surface area contributed by atoms with Crippen molar-refractivity contribution >= 4 is 21.5 Å². The van der Waals surface area contributed by atoms with Gasteiger partial charge in [-0.1, -0.05) is 0 Å². The smallest absolute Gasteiger partial charge is 0.383 e. The highest BCUT2D eigenvalue weighted by Crippen LogP contribution is 2.34. The van der Waals surface area contributed by atoms with Gasteiger partial charge in [0.1, 0.15) is 10.7 Å². The molecule has 1 N–H and O–H groups in total. The van der Waals surface area contributed by atoms with E-state index in [1.54, 1.807) is 18.5 Å². The average molecular weight is 433 g/mol. The van der Waals surface area contributed by atoms with Crippen LogP contribution >= 0.6 is 0 Å². The molecule has 0 saturated carbocycles. The average Bonchev–Trinajstić information content (AvgIpc) is 2.69. The minimum Gasteiger partial charge on any atom is -0.383 e. The van der Waals surface area contributed by atoms with Crippen LogP contribution in [0.25, 0.3) is 0 Å². The molecule has 1 aliphatic rings. The summed E-state index contributed by atoms with van der Waals surface area (Å²) in [5.74, 6) is -0.420. The summed E-state index contributed by atoms with van der Waals surface area (Å²) in [6, 6.07) is 4.02. The van der Waals surface area contributed by atoms with E-state index in [0.29, 0.717) is 44.7 Å². The molecule has 2 aromatic rings. The van der Waals surface area contributed by atoms with Crippen molar-refractivity contribution in [3.63, 3.8) is 0 Å². The predicted molar refractivity (Wildman–Crippen MR) is 98.8 cm³/mol. The maximum atomic E-state index is 13.4. The van der Waals surface area contributed by atoms with E-state index in [1.165, 1.54) is 0 Å². The summed E-state index contributed by atoms with van der Waals surface area (Å²) < 4.78 is 75.4. The quantitative estimate of drug-likeness (QED) is 0.700. The highest BCUT2D eigenvalue weighted by molar-refractivity contribution is 7.92. The highest BCUT2D eigenvalue weighted by Gasteiger charge is 2.48. The number of benzene rings is 1. The number of sulfone groups is 1. The number of halogens is 4. The van der Waals surface area contributed by atoms with Crippen LogP contribution in [0.5, 0.6) is 0 Å². The zero-order chi connectivity index (χ0) is 21.1. The number of hydrogen-bond donors (Lipinski definition) is 1. The first-order valence-electron chi connectivity index (χ1n) is 8.77. The number of hydrogen-bond acceptors (Lipinski definition) is 7. The van der Waals surface area contributed by atoms with Gasteiger partial charge in [-0.2, -0.15) is 13.2 Å². The molecule has 0 unspecified atom stereocenters. The van der Waals surface area contributed by atoms with E-state index in [-0.39, 0.29) is 12.2 Å². The maximum absolute atomic E-state index is 13.4. The van der Waals surface area contributed by atoms with Crippen LogP contribution in [0.1, 0.15) is 0 Å². The molecular weight excluding hydrogens is 414 g/mol. The third kappa shape index (κ3) is 4.93. The van der Waals surface area contributed by atoms with Crippen LogP contribution in [0.2, 0.25) is 0 Å². The first kappa shape index (κ1) is 21.2. The molecule has 3 rings (SSSR count). The zero-order valence-electron chi connectivity index (χ0n) is 15.2. The fraction of sp³-hybridized carbons (Fsp3) is 0.412. The van der Waals surface area contributed by atoms with Gasteiger partial charge in [-0.3, -0.25) is 4.90 Å². The second kappa shape index (κ2) is 8.49. The van der Waals surface area contributed by atoms with Gasteiger partial charge in [0, 0.05) is 51.7 Å². The Hall–Kier alpha value is -2.47. The van der Waals surface area contributed by atoms with Crippen molar-refractivity contribution < 1.29 is 26.0 Å². The molecule has 0 radical (unpaired) electrons. The standard InChI is InChI=1S/C17H19F4N5O2S/c18-13-2-3-14(15(12-13)29(27,28)17(19,20)21)22-6-7-25-8-10-26(11-9-25)16-23-4-1-5-24-16/h1-5,12,22H,6-11H2. The number of nitrogens with one attached hydrogen (secondary N) is 1. The molecule has 158 valence electrons. The number of piperazine rings is 1. The molecule has 1 aromatic carbocycles. The summed E-state index contributed by atoms with van der Waals surface area (Å²) in [6.45, 7) is 3.44. The summed E-state index contributed by atoms with van der Waals surface area (Å²) in [7, 11) is -5.66. The number of rotatable bonds is 6. The molecule has 2 heterocycles. The fourth-order valence-electron chi connectivity index (χ4n) is 2.96. The second-order valence-corrected chi connectivity index (χ2v) is 8.30. The van der Waals surface area contributed by atoms with Crippen LogP contribution in [-0.4, -0.2) is 68.1 Å². The third-order valence-corrected chi connectivity index (χ3v) is 6.01. The Bertz CT molecular complexity index is 933. The van der Waals surface area contributed by atoms with Crippen LogP contribution in [0.3, 0.4) is 0 Å². The van der Waals surface area contributed by atoms with Gasteiger partial charge in [0.25, 0.3) is 9.84 Å². The first-order chi connectivity index (χ1) is 13.7. The summed E-state index contributed by atoms with van der Waals surface area (Å²) in [5.41, 5.74) is -5.78. The monoisotopic (exact) mass is 433 g/mol. The number of anilines is 2. The number of nitrogens with zero attached hydrogens (tertiary/aromatic N) is 4. The molecular formula is C17H19F4N5O2S. The molecule has 0 aliphatic carbocycles. The van der Waals surface area contributed by atoms with Crippen molar-refractivity contribution in [2.45, 2.75) is 10.4 Å². The Labute approximate surface area is 165 Å². The number of aromatic nitrogens is 2. The van der Waals surface area contributed by atoms with Gasteiger partial charge < -0.3 is 10.2 Å². The lowest BCUT2D eigenvalue weighted by Gasteiger charge is -2.34. The Kier molecular flexibility index (Phi) is 6.22. The van der Waals surface area contributed by atoms with Crippen molar-refractivity contribution in [2.75, 3.05) is 49.5 Å². The molecule has 1 aliphatic heterocycles. The predicted octanol–water partition coefficient (Wildman–Crippen LogP) is 2.14. The molecule has 1 saturated heterocycles. The van der Waals surface area contributed by atoms with Gasteiger partial charge in [-0.05, 0) is 24.3 Å². The van der Waals surface area contributed by atoms with E-state index in [1.807, 2.05) is 4.90 Å². The third-order valence-electron chi connectivity index (χ3n) is 4.49. The summed E-state index contributed by atoms with van der Waals surface area (Å²) in [4.78, 5) is 11.4. The van der Waals surface area contributed by atoms with Gasteiger partial charge >= 0.3 is 5.51 Å². The molecule has 1 aromatic heterocycles. The van der Waals surface area contributed by atoms with Crippen molar-refractivity contribution in [3.8, 4) is 0 Å². The topological polar surface area (TPSA) is 78.4 Å². The van der Waals surface area contributed by atoms with E-state index >= 15 is 0 Å². The zero-order valence-corrected chi connectivity index (χ0v) is 16.0. The van der Waals surface area contributed by atoms with Gasteiger partial charge in [0.05, 0.1) is 5.69 Å². The second-order valence-electron chi connectivity index (χ2n) is 6.39. The largest absolute Gasteiger partial charge is 0.501 e. The Morgan fingerprint density at radius 3 is 2.34 bits per heavy atom. The van der Waals surface area contributed by atoms with Crippen molar-refractivity contribution in [3.05, 3.63) is 42.5 Å². The summed E-state index contributed by atoms with van der Waals surface area (Å²) in [5, 5.41) is 2.68. The SMILES string of the molecule is O=S(=O)(c1cc(F)ccc1NCCN1CCN(c2ncccn2)CC1)C(F)(F)F. The van der Waals surface area contributed by atoms with Gasteiger partial charge in [-0.15, -0.1) is 0 Å². The Morgan fingerprint density at radius 1 is 1.07 bits per heavy atom. The van der Waals surface area contributed by atoms with Crippen LogP contribution in [0, 0.1) is 5.82 Å². The van der Waals surface area contributed by atoms with Crippen molar-refractivity contribution in [1.82, 2.24) is 14.9 Å². The molecule has 0 bridgehead atoms. The lowest BCUT2D eigenvalue weighted by Crippen LogP contribution is -2.48. The Morgan fingerprint density at radius 2 is 1.72 bits per heavy atom. The molecule has 12 heteroatoms. The van der Waals surface area contributed by atoms with Crippen LogP contribution in [-0.2, 0) is 9.84 Å². The van der Waals surface area contributed by atoms with Crippen LogP contribution < -0.4 is 10.2 Å². The van der Waals surface area contributed by atoms with E-state index in [9.17, 15) is 26.0 Å². The van der Waals surface area contributed by atoms with E-state index in [2.05, 4.69) is 20.2 Å². The normalized spacial score (nSPS) is 16.1. The fourth-order valence-corrected chi connectivity index (χ4v) is 3.91. The molecule has 29 heavy (non-hydrogen) atoms. The maximum Gasteiger partial charge on any atom is 0.501 e. The molecule has 0 spiro atoms. The summed E-state index contributed by atoms with van der Waals surface area (Å²) in [6.07, 6.45) is 3.32. The van der Waals surface area contributed by atoms with E-state index in [0.717, 1.165) is 12.1 Å². The van der Waals surface area contributed by atoms with Crippen molar-refractivity contribution in [2.24, 2.45) is 0 Å². The van der Waals surface area contributed by atoms with Gasteiger partial charge in [0.15, 0.2) is 0 Å². The first-order valence-corrected chi connectivity index (χ1v) is 10.3. The Balaban J connectivity index is 1.58. The molecule has 0 atom stereocenters. The van der Waals surface area contributed by atoms with Crippen LogP contribution in [0.4, 0.5) is 29.2 Å². The number of alkyl halides is 3.